The maximum Gasteiger partial charge on any atom is 0.356 e. The van der Waals surface area contributed by atoms with Gasteiger partial charge in [-0.05, 0) is 25.0 Å². The van der Waals surface area contributed by atoms with E-state index >= 15 is 0 Å². The Morgan fingerprint density at radius 3 is 2.79 bits per heavy atom. The molecule has 1 aliphatic carbocycles. The van der Waals surface area contributed by atoms with E-state index in [-0.39, 0.29) is 5.69 Å². The maximum absolute atomic E-state index is 11.3. The van der Waals surface area contributed by atoms with E-state index in [0.29, 0.717) is 17.2 Å². The third-order valence-corrected chi connectivity index (χ3v) is 3.80. The fourth-order valence-electron chi connectivity index (χ4n) is 2.84. The van der Waals surface area contributed by atoms with Gasteiger partial charge in [0.05, 0.1) is 18.8 Å². The van der Waals surface area contributed by atoms with Crippen LogP contribution in [0.4, 0.5) is 0 Å². The predicted molar refractivity (Wildman–Crippen MR) is 69.9 cm³/mol. The van der Waals surface area contributed by atoms with Gasteiger partial charge in [0, 0.05) is 5.92 Å². The minimum atomic E-state index is -0.980. The summed E-state index contributed by atoms with van der Waals surface area (Å²) in [6.07, 6.45) is 6.35. The number of nitrogens with zero attached hydrogens (tertiary/aromatic N) is 2. The molecule has 0 radical (unpaired) electrons. The molecule has 1 saturated carbocycles. The van der Waals surface area contributed by atoms with Crippen molar-refractivity contribution in [2.24, 2.45) is 0 Å². The first-order valence-electron chi connectivity index (χ1n) is 6.50. The van der Waals surface area contributed by atoms with Crippen molar-refractivity contribution in [2.45, 2.75) is 31.6 Å². The van der Waals surface area contributed by atoms with Crippen molar-refractivity contribution in [3.8, 4) is 5.75 Å². The Morgan fingerprint density at radius 1 is 1.42 bits per heavy atom. The van der Waals surface area contributed by atoms with E-state index in [4.69, 9.17) is 4.74 Å². The highest BCUT2D eigenvalue weighted by molar-refractivity contribution is 5.93. The van der Waals surface area contributed by atoms with Crippen molar-refractivity contribution < 1.29 is 14.6 Å². The molecule has 0 aromatic carbocycles. The zero-order chi connectivity index (χ0) is 13.4. The summed E-state index contributed by atoms with van der Waals surface area (Å²) in [4.78, 5) is 15.6. The number of hydrogen-bond acceptors (Lipinski definition) is 3. The van der Waals surface area contributed by atoms with Crippen LogP contribution in [0, 0.1) is 0 Å². The first-order valence-corrected chi connectivity index (χ1v) is 6.50. The van der Waals surface area contributed by atoms with Crippen LogP contribution in [0.25, 0.3) is 5.52 Å². The Morgan fingerprint density at radius 2 is 2.16 bits per heavy atom. The average molecular weight is 260 g/mol. The lowest BCUT2D eigenvalue weighted by Gasteiger charge is -2.08. The van der Waals surface area contributed by atoms with Crippen LogP contribution in [0.1, 0.15) is 47.9 Å². The summed E-state index contributed by atoms with van der Waals surface area (Å²) in [7, 11) is 1.60. The zero-order valence-corrected chi connectivity index (χ0v) is 10.8. The van der Waals surface area contributed by atoms with Gasteiger partial charge in [-0.3, -0.25) is 4.40 Å². The van der Waals surface area contributed by atoms with E-state index in [9.17, 15) is 9.90 Å². The third-order valence-electron chi connectivity index (χ3n) is 3.80. The van der Waals surface area contributed by atoms with E-state index in [1.54, 1.807) is 19.2 Å². The Hall–Kier alpha value is -2.04. The number of fused-ring (bicyclic) bond motifs is 1. The molecular weight excluding hydrogens is 244 g/mol. The van der Waals surface area contributed by atoms with E-state index < -0.39 is 5.97 Å². The Bertz CT molecular complexity index is 627. The Kier molecular flexibility index (Phi) is 2.89. The average Bonchev–Trinajstić information content (AvgIpc) is 3.04. The lowest BCUT2D eigenvalue weighted by molar-refractivity contribution is 0.0693. The van der Waals surface area contributed by atoms with Gasteiger partial charge in [0.15, 0.2) is 5.69 Å². The van der Waals surface area contributed by atoms with Crippen molar-refractivity contribution in [1.29, 1.82) is 0 Å². The van der Waals surface area contributed by atoms with Crippen LogP contribution >= 0.6 is 0 Å². The van der Waals surface area contributed by atoms with Gasteiger partial charge in [-0.1, -0.05) is 12.8 Å². The van der Waals surface area contributed by atoms with Crippen molar-refractivity contribution in [2.75, 3.05) is 7.11 Å². The van der Waals surface area contributed by atoms with Gasteiger partial charge in [0.2, 0.25) is 0 Å². The molecule has 2 heterocycles. The summed E-state index contributed by atoms with van der Waals surface area (Å²) < 4.78 is 7.09. The van der Waals surface area contributed by atoms with Crippen LogP contribution in [-0.4, -0.2) is 27.6 Å². The first-order chi connectivity index (χ1) is 9.20. The van der Waals surface area contributed by atoms with E-state index in [1.165, 1.54) is 12.8 Å². The number of imidazole rings is 1. The van der Waals surface area contributed by atoms with Crippen LogP contribution < -0.4 is 4.74 Å². The SMILES string of the molecule is COc1ccc2c(C(=O)O)nc(C3CCCC3)n2c1. The van der Waals surface area contributed by atoms with Gasteiger partial charge in [-0.25, -0.2) is 9.78 Å². The van der Waals surface area contributed by atoms with Crippen molar-refractivity contribution in [3.63, 3.8) is 0 Å². The quantitative estimate of drug-likeness (QED) is 0.921. The molecule has 2 aromatic heterocycles. The van der Waals surface area contributed by atoms with E-state index in [1.807, 2.05) is 10.6 Å². The summed E-state index contributed by atoms with van der Waals surface area (Å²) in [5.41, 5.74) is 0.764. The van der Waals surface area contributed by atoms with Crippen LogP contribution in [0.5, 0.6) is 5.75 Å². The molecule has 5 heteroatoms. The monoisotopic (exact) mass is 260 g/mol. The molecule has 0 unspecified atom stereocenters. The van der Waals surface area contributed by atoms with Crippen molar-refractivity contribution >= 4 is 11.5 Å². The van der Waals surface area contributed by atoms with Crippen LogP contribution in [0.3, 0.4) is 0 Å². The second kappa shape index (κ2) is 4.57. The second-order valence-electron chi connectivity index (χ2n) is 4.93. The Balaban J connectivity index is 2.21. The summed E-state index contributed by atoms with van der Waals surface area (Å²) in [5, 5.41) is 9.26. The smallest absolute Gasteiger partial charge is 0.356 e. The fraction of sp³-hybridized carbons (Fsp3) is 0.429. The molecule has 3 rings (SSSR count). The molecule has 19 heavy (non-hydrogen) atoms. The van der Waals surface area contributed by atoms with Gasteiger partial charge < -0.3 is 9.84 Å². The molecule has 0 amide bonds. The number of aromatic carboxylic acids is 1. The van der Waals surface area contributed by atoms with Crippen molar-refractivity contribution in [1.82, 2.24) is 9.38 Å². The number of methoxy groups -OCH3 is 1. The number of carboxylic acid groups (broad SMARTS) is 1. The molecule has 0 spiro atoms. The highest BCUT2D eigenvalue weighted by Crippen LogP contribution is 2.35. The molecule has 2 aromatic rings. The summed E-state index contributed by atoms with van der Waals surface area (Å²) in [6.45, 7) is 0. The number of rotatable bonds is 3. The zero-order valence-electron chi connectivity index (χ0n) is 10.8. The number of aromatic nitrogens is 2. The summed E-state index contributed by atoms with van der Waals surface area (Å²) in [5.74, 6) is 0.935. The number of hydrogen-bond donors (Lipinski definition) is 1. The predicted octanol–water partition coefficient (Wildman–Crippen LogP) is 2.70. The number of carboxylic acids is 1. The van der Waals surface area contributed by atoms with Gasteiger partial charge in [0.25, 0.3) is 0 Å². The highest BCUT2D eigenvalue weighted by Gasteiger charge is 2.25. The molecule has 0 atom stereocenters. The molecule has 1 fully saturated rings. The van der Waals surface area contributed by atoms with Gasteiger partial charge in [0.1, 0.15) is 11.6 Å². The molecule has 0 aliphatic heterocycles. The summed E-state index contributed by atoms with van der Waals surface area (Å²) >= 11 is 0. The molecular formula is C14H16N2O3. The maximum atomic E-state index is 11.3. The van der Waals surface area contributed by atoms with Gasteiger partial charge in [-0.15, -0.1) is 0 Å². The van der Waals surface area contributed by atoms with E-state index in [2.05, 4.69) is 4.98 Å². The molecule has 1 N–H and O–H groups in total. The van der Waals surface area contributed by atoms with Crippen LogP contribution in [0.2, 0.25) is 0 Å². The molecule has 0 saturated heterocycles. The topological polar surface area (TPSA) is 63.8 Å². The standard InChI is InChI=1S/C14H16N2O3/c1-19-10-6-7-11-12(14(17)18)15-13(16(11)8-10)9-4-2-3-5-9/h6-9H,2-5H2,1H3,(H,17,18). The van der Waals surface area contributed by atoms with Gasteiger partial charge >= 0.3 is 5.97 Å². The van der Waals surface area contributed by atoms with Crippen LogP contribution in [-0.2, 0) is 0 Å². The summed E-state index contributed by atoms with van der Waals surface area (Å²) in [6, 6.07) is 3.52. The lowest BCUT2D eigenvalue weighted by atomic mass is 10.1. The second-order valence-corrected chi connectivity index (χ2v) is 4.93. The molecule has 5 nitrogen and oxygen atoms in total. The van der Waals surface area contributed by atoms with E-state index in [0.717, 1.165) is 18.7 Å². The largest absolute Gasteiger partial charge is 0.495 e. The minimum Gasteiger partial charge on any atom is -0.495 e. The molecule has 1 aliphatic rings. The number of carbonyl (C=O) groups is 1. The molecule has 100 valence electrons. The highest BCUT2D eigenvalue weighted by atomic mass is 16.5. The van der Waals surface area contributed by atoms with Crippen molar-refractivity contribution in [3.05, 3.63) is 29.8 Å². The first kappa shape index (κ1) is 12.0. The lowest BCUT2D eigenvalue weighted by Crippen LogP contribution is -2.00. The number of ether oxygens (including phenoxy) is 1. The Labute approximate surface area is 110 Å². The number of pyridine rings is 1. The molecule has 0 bridgehead atoms. The minimum absolute atomic E-state index is 0.129. The normalized spacial score (nSPS) is 16.1. The fourth-order valence-corrected chi connectivity index (χ4v) is 2.84. The van der Waals surface area contributed by atoms with Gasteiger partial charge in [-0.2, -0.15) is 0 Å². The van der Waals surface area contributed by atoms with Crippen LogP contribution in [0.15, 0.2) is 18.3 Å². The third kappa shape index (κ3) is 1.95.